The lowest BCUT2D eigenvalue weighted by Gasteiger charge is -2.11. The Balaban J connectivity index is 1.69. The van der Waals surface area contributed by atoms with Gasteiger partial charge in [-0.15, -0.1) is 11.3 Å². The molecule has 0 saturated heterocycles. The molecular formula is C25H23FN2O4S. The Bertz CT molecular complexity index is 1240. The van der Waals surface area contributed by atoms with Crippen LogP contribution in [0.1, 0.15) is 28.6 Å². The van der Waals surface area contributed by atoms with Crippen molar-refractivity contribution in [2.75, 3.05) is 20.8 Å². The fourth-order valence-corrected chi connectivity index (χ4v) is 4.49. The molecule has 1 aliphatic rings. The number of thiazole rings is 1. The van der Waals surface area contributed by atoms with Crippen molar-refractivity contribution in [2.45, 2.75) is 13.3 Å². The van der Waals surface area contributed by atoms with Crippen LogP contribution in [-0.2, 0) is 11.2 Å². The molecule has 0 atom stereocenters. The first kappa shape index (κ1) is 22.5. The number of aromatic hydroxyl groups is 1. The summed E-state index contributed by atoms with van der Waals surface area (Å²) >= 11 is 1.43. The highest BCUT2D eigenvalue weighted by Crippen LogP contribution is 2.44. The number of allylic oxidation sites excluding steroid dienone is 2. The summed E-state index contributed by atoms with van der Waals surface area (Å²) in [6, 6.07) is 8.05. The Kier molecular flexibility index (Phi) is 6.46. The molecule has 4 rings (SSSR count). The summed E-state index contributed by atoms with van der Waals surface area (Å²) in [5.41, 5.74) is 5.02. The Morgan fingerprint density at radius 1 is 1.18 bits per heavy atom. The smallest absolute Gasteiger partial charge is 0.227 e. The van der Waals surface area contributed by atoms with Crippen LogP contribution >= 0.6 is 11.3 Å². The highest BCUT2D eigenvalue weighted by atomic mass is 32.1. The van der Waals surface area contributed by atoms with Gasteiger partial charge in [0, 0.05) is 18.1 Å². The van der Waals surface area contributed by atoms with Crippen LogP contribution in [0.15, 0.2) is 47.5 Å². The van der Waals surface area contributed by atoms with Gasteiger partial charge in [0.05, 0.1) is 20.6 Å². The predicted molar refractivity (Wildman–Crippen MR) is 127 cm³/mol. The number of phenolic OH excluding ortho intramolecular Hbond substituents is 1. The lowest BCUT2D eigenvalue weighted by Crippen LogP contribution is -2.26. The number of rotatable bonds is 7. The van der Waals surface area contributed by atoms with E-state index >= 15 is 0 Å². The van der Waals surface area contributed by atoms with E-state index < -0.39 is 0 Å². The van der Waals surface area contributed by atoms with Crippen molar-refractivity contribution in [1.82, 2.24) is 10.3 Å². The van der Waals surface area contributed by atoms with Crippen molar-refractivity contribution in [3.8, 4) is 17.2 Å². The summed E-state index contributed by atoms with van der Waals surface area (Å²) in [6.07, 6.45) is 3.80. The SMILES string of the molecule is COc1cc(C=C2C(C)=C(CNC(=O)Cc3nccs3)c3cc(F)ccc32)cc(OC)c1O. The van der Waals surface area contributed by atoms with Crippen LogP contribution in [-0.4, -0.2) is 36.8 Å². The number of benzene rings is 2. The number of halogens is 1. The van der Waals surface area contributed by atoms with Gasteiger partial charge in [-0.3, -0.25) is 4.79 Å². The van der Waals surface area contributed by atoms with Crippen molar-refractivity contribution in [3.63, 3.8) is 0 Å². The van der Waals surface area contributed by atoms with Crippen molar-refractivity contribution >= 4 is 34.5 Å². The van der Waals surface area contributed by atoms with Gasteiger partial charge in [0.25, 0.3) is 0 Å². The highest BCUT2D eigenvalue weighted by Gasteiger charge is 2.25. The van der Waals surface area contributed by atoms with Gasteiger partial charge in [-0.1, -0.05) is 6.07 Å². The number of carbonyl (C=O) groups excluding carboxylic acids is 1. The second kappa shape index (κ2) is 9.46. The summed E-state index contributed by atoms with van der Waals surface area (Å²) in [6.45, 7) is 2.22. The zero-order valence-corrected chi connectivity index (χ0v) is 19.3. The lowest BCUT2D eigenvalue weighted by atomic mass is 10.00. The van der Waals surface area contributed by atoms with Crippen LogP contribution in [0.3, 0.4) is 0 Å². The van der Waals surface area contributed by atoms with E-state index in [2.05, 4.69) is 10.3 Å². The third-order valence-corrected chi connectivity index (χ3v) is 6.30. The molecule has 0 bridgehead atoms. The molecule has 170 valence electrons. The van der Waals surface area contributed by atoms with Gasteiger partial charge in [-0.05, 0) is 70.7 Å². The molecule has 8 heteroatoms. The third kappa shape index (κ3) is 4.61. The van der Waals surface area contributed by atoms with Gasteiger partial charge < -0.3 is 19.9 Å². The lowest BCUT2D eigenvalue weighted by molar-refractivity contribution is -0.120. The molecule has 1 aliphatic carbocycles. The molecular weight excluding hydrogens is 443 g/mol. The third-order valence-electron chi connectivity index (χ3n) is 5.52. The van der Waals surface area contributed by atoms with E-state index in [1.165, 1.54) is 37.7 Å². The van der Waals surface area contributed by atoms with Crippen LogP contribution < -0.4 is 14.8 Å². The number of amides is 1. The van der Waals surface area contributed by atoms with E-state index in [1.807, 2.05) is 18.4 Å². The number of aromatic nitrogens is 1. The molecule has 1 amide bonds. The minimum Gasteiger partial charge on any atom is -0.502 e. The van der Waals surface area contributed by atoms with E-state index in [-0.39, 0.29) is 41.9 Å². The molecule has 0 unspecified atom stereocenters. The van der Waals surface area contributed by atoms with Crippen LogP contribution in [0, 0.1) is 5.82 Å². The zero-order chi connectivity index (χ0) is 23.5. The Hall–Kier alpha value is -3.65. The maximum absolute atomic E-state index is 14.1. The number of nitrogens with one attached hydrogen (secondary N) is 1. The number of hydrogen-bond donors (Lipinski definition) is 2. The van der Waals surface area contributed by atoms with Gasteiger partial charge in [-0.2, -0.15) is 0 Å². The minimum absolute atomic E-state index is 0.0769. The maximum Gasteiger partial charge on any atom is 0.227 e. The Morgan fingerprint density at radius 2 is 1.91 bits per heavy atom. The predicted octanol–water partition coefficient (Wildman–Crippen LogP) is 4.69. The Labute approximate surface area is 195 Å². The molecule has 2 N–H and O–H groups in total. The van der Waals surface area contributed by atoms with Gasteiger partial charge >= 0.3 is 0 Å². The molecule has 6 nitrogen and oxygen atoms in total. The van der Waals surface area contributed by atoms with E-state index in [0.29, 0.717) is 0 Å². The number of hydrogen-bond acceptors (Lipinski definition) is 6. The van der Waals surface area contributed by atoms with E-state index in [1.54, 1.807) is 24.4 Å². The number of ether oxygens (including phenoxy) is 2. The topological polar surface area (TPSA) is 80.7 Å². The van der Waals surface area contributed by atoms with Gasteiger partial charge in [0.2, 0.25) is 11.7 Å². The number of phenols is 1. The molecule has 1 heterocycles. The first-order chi connectivity index (χ1) is 15.9. The number of carbonyl (C=O) groups is 1. The van der Waals surface area contributed by atoms with E-state index in [0.717, 1.165) is 38.4 Å². The number of nitrogens with zero attached hydrogens (tertiary/aromatic N) is 1. The Morgan fingerprint density at radius 3 is 2.55 bits per heavy atom. The number of methoxy groups -OCH3 is 2. The van der Waals surface area contributed by atoms with Crippen LogP contribution in [0.25, 0.3) is 17.2 Å². The summed E-state index contributed by atoms with van der Waals surface area (Å²) < 4.78 is 24.6. The normalized spacial score (nSPS) is 13.9. The van der Waals surface area contributed by atoms with Gasteiger partial charge in [0.15, 0.2) is 11.5 Å². The molecule has 0 spiro atoms. The van der Waals surface area contributed by atoms with Crippen molar-refractivity contribution < 1.29 is 23.8 Å². The summed E-state index contributed by atoms with van der Waals surface area (Å²) in [4.78, 5) is 16.5. The molecule has 0 aliphatic heterocycles. The molecule has 33 heavy (non-hydrogen) atoms. The average Bonchev–Trinajstić information content (AvgIpc) is 3.39. The second-order valence-corrected chi connectivity index (χ2v) is 8.48. The first-order valence-corrected chi connectivity index (χ1v) is 11.1. The standard InChI is InChI=1S/C25H23FN2O4S/c1-14-18(8-15-9-21(31-2)25(30)22(10-15)32-3)17-5-4-16(26)11-19(17)20(14)13-28-23(29)12-24-27-6-7-33-24/h4-11,30H,12-13H2,1-3H3,(H,28,29). The summed E-state index contributed by atoms with van der Waals surface area (Å²) in [5.74, 6) is 0.00706. The van der Waals surface area contributed by atoms with Crippen LogP contribution in [0.5, 0.6) is 17.2 Å². The molecule has 0 radical (unpaired) electrons. The van der Waals surface area contributed by atoms with Crippen LogP contribution in [0.4, 0.5) is 4.39 Å². The molecule has 2 aromatic carbocycles. The van der Waals surface area contributed by atoms with Crippen molar-refractivity contribution in [1.29, 1.82) is 0 Å². The average molecular weight is 467 g/mol. The van der Waals surface area contributed by atoms with E-state index in [4.69, 9.17) is 9.47 Å². The largest absolute Gasteiger partial charge is 0.502 e. The second-order valence-electron chi connectivity index (χ2n) is 7.50. The monoisotopic (exact) mass is 466 g/mol. The first-order valence-electron chi connectivity index (χ1n) is 10.2. The van der Waals surface area contributed by atoms with Gasteiger partial charge in [0.1, 0.15) is 10.8 Å². The fourth-order valence-electron chi connectivity index (χ4n) is 3.87. The highest BCUT2D eigenvalue weighted by molar-refractivity contribution is 7.09. The minimum atomic E-state index is -0.345. The molecule has 0 saturated carbocycles. The molecule has 1 aromatic heterocycles. The van der Waals surface area contributed by atoms with Gasteiger partial charge in [-0.25, -0.2) is 9.37 Å². The molecule has 0 fully saturated rings. The molecule has 3 aromatic rings. The quantitative estimate of drug-likeness (QED) is 0.528. The summed E-state index contributed by atoms with van der Waals surface area (Å²) in [5, 5.41) is 15.7. The van der Waals surface area contributed by atoms with Crippen LogP contribution in [0.2, 0.25) is 0 Å². The zero-order valence-electron chi connectivity index (χ0n) is 18.4. The number of fused-ring (bicyclic) bond motifs is 1. The van der Waals surface area contributed by atoms with Crippen molar-refractivity contribution in [3.05, 3.63) is 75.0 Å². The van der Waals surface area contributed by atoms with E-state index in [9.17, 15) is 14.3 Å². The maximum atomic E-state index is 14.1. The summed E-state index contributed by atoms with van der Waals surface area (Å²) in [7, 11) is 2.94. The fraction of sp³-hybridized carbons (Fsp3) is 0.200. The van der Waals surface area contributed by atoms with Crippen molar-refractivity contribution in [2.24, 2.45) is 0 Å².